The van der Waals surface area contributed by atoms with Crippen LogP contribution in [0.4, 0.5) is 0 Å². The van der Waals surface area contributed by atoms with Crippen molar-refractivity contribution in [3.8, 4) is 0 Å². The Morgan fingerprint density at radius 1 is 1.33 bits per heavy atom. The molecular formula is C15H26N2O3S. The Bertz CT molecular complexity index is 546. The second-order valence-corrected chi connectivity index (χ2v) is 7.17. The first kappa shape index (κ1) is 18.1. The smallest absolute Gasteiger partial charge is 0.243 e. The molecule has 0 aliphatic rings. The molecule has 1 rings (SSSR count). The largest absolute Gasteiger partial charge is 0.383 e. The first-order valence-corrected chi connectivity index (χ1v) is 8.58. The third kappa shape index (κ3) is 4.51. The van der Waals surface area contributed by atoms with Crippen LogP contribution in [0.1, 0.15) is 32.4 Å². The maximum atomic E-state index is 12.6. The van der Waals surface area contributed by atoms with Crippen LogP contribution >= 0.6 is 0 Å². The lowest BCUT2D eigenvalue weighted by atomic mass is 10.1. The highest BCUT2D eigenvalue weighted by molar-refractivity contribution is 7.89. The van der Waals surface area contributed by atoms with Crippen LogP contribution in [0.2, 0.25) is 0 Å². The number of methoxy groups -OCH3 is 1. The Kier molecular flexibility index (Phi) is 6.80. The summed E-state index contributed by atoms with van der Waals surface area (Å²) >= 11 is 0. The van der Waals surface area contributed by atoms with E-state index in [0.29, 0.717) is 11.5 Å². The summed E-state index contributed by atoms with van der Waals surface area (Å²) in [5.74, 6) is 0. The summed E-state index contributed by atoms with van der Waals surface area (Å²) in [6, 6.07) is 6.99. The topological polar surface area (TPSA) is 58.6 Å². The molecule has 6 heteroatoms. The van der Waals surface area contributed by atoms with E-state index in [9.17, 15) is 8.42 Å². The molecule has 2 atom stereocenters. The number of ether oxygens (including phenoxy) is 1. The molecule has 0 aliphatic carbocycles. The van der Waals surface area contributed by atoms with Crippen molar-refractivity contribution in [2.45, 2.75) is 37.8 Å². The number of rotatable bonds is 8. The highest BCUT2D eigenvalue weighted by atomic mass is 32.2. The van der Waals surface area contributed by atoms with Gasteiger partial charge in [-0.25, -0.2) is 8.42 Å². The highest BCUT2D eigenvalue weighted by Crippen LogP contribution is 2.21. The first-order chi connectivity index (χ1) is 9.84. The Hall–Kier alpha value is -0.950. The van der Waals surface area contributed by atoms with Crippen LogP contribution in [-0.4, -0.2) is 46.1 Å². The third-order valence-electron chi connectivity index (χ3n) is 3.57. The maximum absolute atomic E-state index is 12.6. The predicted octanol–water partition coefficient (Wildman–Crippen LogP) is 2.01. The summed E-state index contributed by atoms with van der Waals surface area (Å²) in [4.78, 5) is 0.315. The zero-order chi connectivity index (χ0) is 16.0. The average molecular weight is 314 g/mol. The van der Waals surface area contributed by atoms with Crippen molar-refractivity contribution < 1.29 is 13.2 Å². The normalized spacial score (nSPS) is 15.1. The van der Waals surface area contributed by atoms with Gasteiger partial charge in [-0.3, -0.25) is 0 Å². The number of nitrogens with zero attached hydrogens (tertiary/aromatic N) is 1. The van der Waals surface area contributed by atoms with Gasteiger partial charge in [0.25, 0.3) is 0 Å². The van der Waals surface area contributed by atoms with Crippen LogP contribution in [0.15, 0.2) is 29.2 Å². The molecule has 1 N–H and O–H groups in total. The first-order valence-electron chi connectivity index (χ1n) is 7.14. The van der Waals surface area contributed by atoms with Gasteiger partial charge in [-0.05, 0) is 38.1 Å². The van der Waals surface area contributed by atoms with E-state index in [1.54, 1.807) is 32.4 Å². The van der Waals surface area contributed by atoms with Crippen LogP contribution < -0.4 is 5.32 Å². The molecule has 0 radical (unpaired) electrons. The van der Waals surface area contributed by atoms with E-state index < -0.39 is 10.0 Å². The monoisotopic (exact) mass is 314 g/mol. The van der Waals surface area contributed by atoms with E-state index in [2.05, 4.69) is 5.32 Å². The quantitative estimate of drug-likeness (QED) is 0.797. The lowest BCUT2D eigenvalue weighted by Crippen LogP contribution is -2.37. The van der Waals surface area contributed by atoms with Crippen LogP contribution in [0.25, 0.3) is 0 Å². The molecule has 0 saturated carbocycles. The van der Waals surface area contributed by atoms with Crippen molar-refractivity contribution in [2.24, 2.45) is 0 Å². The number of nitrogens with one attached hydrogen (secondary N) is 1. The molecule has 2 unspecified atom stereocenters. The average Bonchev–Trinajstić information content (AvgIpc) is 2.47. The van der Waals surface area contributed by atoms with Crippen molar-refractivity contribution in [1.82, 2.24) is 9.62 Å². The lowest BCUT2D eigenvalue weighted by molar-refractivity contribution is 0.149. The van der Waals surface area contributed by atoms with Gasteiger partial charge < -0.3 is 10.1 Å². The molecule has 0 fully saturated rings. The van der Waals surface area contributed by atoms with Gasteiger partial charge in [-0.1, -0.05) is 19.1 Å². The molecular weight excluding hydrogens is 288 g/mol. The van der Waals surface area contributed by atoms with Crippen LogP contribution in [0.3, 0.4) is 0 Å². The van der Waals surface area contributed by atoms with Crippen LogP contribution in [-0.2, 0) is 14.8 Å². The molecule has 0 saturated heterocycles. The molecule has 0 amide bonds. The minimum Gasteiger partial charge on any atom is -0.383 e. The van der Waals surface area contributed by atoms with E-state index >= 15 is 0 Å². The van der Waals surface area contributed by atoms with Crippen molar-refractivity contribution in [3.63, 3.8) is 0 Å². The fraction of sp³-hybridized carbons (Fsp3) is 0.600. The molecule has 0 aromatic heterocycles. The summed E-state index contributed by atoms with van der Waals surface area (Å²) in [5.41, 5.74) is 0.964. The fourth-order valence-electron chi connectivity index (χ4n) is 2.12. The van der Waals surface area contributed by atoms with Gasteiger partial charge >= 0.3 is 0 Å². The number of likely N-dealkylation sites (N-methyl/N-ethyl adjacent to an activating group) is 1. The molecule has 0 bridgehead atoms. The molecule has 0 spiro atoms. The SMILES string of the molecule is CCNC(C)c1cccc(S(=O)(=O)N(C)C(C)COC)c1. The van der Waals surface area contributed by atoms with Gasteiger partial charge in [-0.15, -0.1) is 0 Å². The maximum Gasteiger partial charge on any atom is 0.243 e. The predicted molar refractivity (Wildman–Crippen MR) is 84.8 cm³/mol. The van der Waals surface area contributed by atoms with Crippen molar-refractivity contribution in [3.05, 3.63) is 29.8 Å². The summed E-state index contributed by atoms with van der Waals surface area (Å²) in [7, 11) is -0.358. The number of sulfonamides is 1. The molecule has 1 aromatic carbocycles. The Labute approximate surface area is 128 Å². The molecule has 0 aliphatic heterocycles. The summed E-state index contributed by atoms with van der Waals surface area (Å²) in [6.07, 6.45) is 0. The second kappa shape index (κ2) is 7.89. The van der Waals surface area contributed by atoms with E-state index in [-0.39, 0.29) is 12.1 Å². The molecule has 5 nitrogen and oxygen atoms in total. The van der Waals surface area contributed by atoms with E-state index in [0.717, 1.165) is 12.1 Å². The zero-order valence-corrected chi connectivity index (χ0v) is 14.3. The lowest BCUT2D eigenvalue weighted by Gasteiger charge is -2.24. The van der Waals surface area contributed by atoms with Gasteiger partial charge in [0, 0.05) is 26.2 Å². The fourth-order valence-corrected chi connectivity index (χ4v) is 3.52. The number of hydrogen-bond acceptors (Lipinski definition) is 4. The Morgan fingerprint density at radius 3 is 2.57 bits per heavy atom. The van der Waals surface area contributed by atoms with Crippen molar-refractivity contribution >= 4 is 10.0 Å². The molecule has 0 heterocycles. The summed E-state index contributed by atoms with van der Waals surface area (Å²) < 4.78 is 31.7. The summed E-state index contributed by atoms with van der Waals surface area (Å²) in [6.45, 7) is 7.07. The number of hydrogen-bond donors (Lipinski definition) is 1. The minimum atomic E-state index is -3.51. The van der Waals surface area contributed by atoms with Gasteiger partial charge in [0.2, 0.25) is 10.0 Å². The standard InChI is InChI=1S/C15H26N2O3S/c1-6-16-13(3)14-8-7-9-15(10-14)21(18,19)17(4)12(2)11-20-5/h7-10,12-13,16H,6,11H2,1-5H3. The second-order valence-electron chi connectivity index (χ2n) is 5.18. The van der Waals surface area contributed by atoms with E-state index in [1.807, 2.05) is 26.8 Å². The van der Waals surface area contributed by atoms with Gasteiger partial charge in [-0.2, -0.15) is 4.31 Å². The molecule has 1 aromatic rings. The van der Waals surface area contributed by atoms with Gasteiger partial charge in [0.1, 0.15) is 0 Å². The van der Waals surface area contributed by atoms with E-state index in [1.165, 1.54) is 4.31 Å². The van der Waals surface area contributed by atoms with E-state index in [4.69, 9.17) is 4.74 Å². The number of benzene rings is 1. The zero-order valence-electron chi connectivity index (χ0n) is 13.5. The van der Waals surface area contributed by atoms with Crippen molar-refractivity contribution in [2.75, 3.05) is 27.3 Å². The van der Waals surface area contributed by atoms with Crippen molar-refractivity contribution in [1.29, 1.82) is 0 Å². The Morgan fingerprint density at radius 2 is 2.00 bits per heavy atom. The minimum absolute atomic E-state index is 0.117. The van der Waals surface area contributed by atoms with Crippen LogP contribution in [0, 0.1) is 0 Å². The van der Waals surface area contributed by atoms with Gasteiger partial charge in [0.05, 0.1) is 11.5 Å². The Balaban J connectivity index is 3.06. The third-order valence-corrected chi connectivity index (χ3v) is 5.54. The van der Waals surface area contributed by atoms with Gasteiger partial charge in [0.15, 0.2) is 0 Å². The molecule has 21 heavy (non-hydrogen) atoms. The molecule has 120 valence electrons. The van der Waals surface area contributed by atoms with Crippen LogP contribution in [0.5, 0.6) is 0 Å². The highest BCUT2D eigenvalue weighted by Gasteiger charge is 2.25. The summed E-state index contributed by atoms with van der Waals surface area (Å²) in [5, 5.41) is 3.28.